The van der Waals surface area contributed by atoms with Gasteiger partial charge in [-0.3, -0.25) is 9.59 Å². The molecule has 108 valence electrons. The number of carboxylic acid groups (broad SMARTS) is 2. The van der Waals surface area contributed by atoms with Gasteiger partial charge in [-0.2, -0.15) is 0 Å². The molecule has 2 N–H and O–H groups in total. The lowest BCUT2D eigenvalue weighted by molar-refractivity contribution is -0.197. The van der Waals surface area contributed by atoms with Gasteiger partial charge in [0.15, 0.2) is 12.2 Å². The van der Waals surface area contributed by atoms with Crippen LogP contribution in [0.3, 0.4) is 0 Å². The van der Waals surface area contributed by atoms with Crippen LogP contribution in [0.5, 0.6) is 0 Å². The predicted octanol–water partition coefficient (Wildman–Crippen LogP) is 1.51. The van der Waals surface area contributed by atoms with Crippen LogP contribution in [0.4, 0.5) is 0 Å². The Kier molecular flexibility index (Phi) is 6.52. The Morgan fingerprint density at radius 1 is 1.26 bits per heavy atom. The Morgan fingerprint density at radius 3 is 2.32 bits per heavy atom. The molecule has 1 heterocycles. The number of carbonyl (C=O) groups is 2. The lowest BCUT2D eigenvalue weighted by Crippen LogP contribution is -2.33. The molecule has 1 rings (SSSR count). The van der Waals surface area contributed by atoms with Crippen molar-refractivity contribution >= 4 is 11.9 Å². The van der Waals surface area contributed by atoms with Crippen molar-refractivity contribution in [1.29, 1.82) is 0 Å². The lowest BCUT2D eigenvalue weighted by atomic mass is 10.0. The fourth-order valence-electron chi connectivity index (χ4n) is 1.82. The highest BCUT2D eigenvalue weighted by Gasteiger charge is 2.28. The molecule has 6 heteroatoms. The third-order valence-electron chi connectivity index (χ3n) is 2.92. The second kappa shape index (κ2) is 7.91. The van der Waals surface area contributed by atoms with E-state index in [4.69, 9.17) is 19.7 Å². The van der Waals surface area contributed by atoms with Crippen molar-refractivity contribution in [3.63, 3.8) is 0 Å². The van der Waals surface area contributed by atoms with Crippen molar-refractivity contribution in [2.75, 3.05) is 13.2 Å². The molecule has 1 fully saturated rings. The van der Waals surface area contributed by atoms with E-state index in [-0.39, 0.29) is 18.8 Å². The molecule has 0 aromatic heterocycles. The molecule has 0 saturated carbocycles. The minimum atomic E-state index is -1.40. The first-order chi connectivity index (χ1) is 9.04. The lowest BCUT2D eigenvalue weighted by Gasteiger charge is -2.28. The van der Waals surface area contributed by atoms with E-state index < -0.39 is 24.1 Å². The molecule has 6 nitrogen and oxygen atoms in total. The molecule has 0 amide bonds. The van der Waals surface area contributed by atoms with Gasteiger partial charge < -0.3 is 19.7 Å². The highest BCUT2D eigenvalue weighted by molar-refractivity contribution is 5.92. The molecule has 0 unspecified atom stereocenters. The fourth-order valence-corrected chi connectivity index (χ4v) is 1.82. The summed E-state index contributed by atoms with van der Waals surface area (Å²) in [5.41, 5.74) is 0. The maximum atomic E-state index is 10.7. The molecule has 1 aliphatic heterocycles. The topological polar surface area (TPSA) is 93.1 Å². The molecule has 0 bridgehead atoms. The van der Waals surface area contributed by atoms with E-state index in [9.17, 15) is 9.59 Å². The van der Waals surface area contributed by atoms with Crippen molar-refractivity contribution in [3.8, 4) is 0 Å². The van der Waals surface area contributed by atoms with Crippen LogP contribution >= 0.6 is 0 Å². The molecule has 0 atom stereocenters. The largest absolute Gasteiger partial charge is 0.481 e. The van der Waals surface area contributed by atoms with Crippen molar-refractivity contribution in [3.05, 3.63) is 12.2 Å². The molecule has 1 aliphatic rings. The Morgan fingerprint density at radius 2 is 1.84 bits per heavy atom. The summed E-state index contributed by atoms with van der Waals surface area (Å²) in [5.74, 6) is -3.84. The van der Waals surface area contributed by atoms with Crippen molar-refractivity contribution in [2.24, 2.45) is 11.8 Å². The van der Waals surface area contributed by atoms with Crippen LogP contribution < -0.4 is 0 Å². The van der Waals surface area contributed by atoms with Crippen molar-refractivity contribution < 1.29 is 29.3 Å². The highest BCUT2D eigenvalue weighted by atomic mass is 16.7. The maximum Gasteiger partial charge on any atom is 0.317 e. The Balaban J connectivity index is 2.31. The van der Waals surface area contributed by atoms with Crippen LogP contribution in [0.25, 0.3) is 0 Å². The molecule has 0 aromatic carbocycles. The average Bonchev–Trinajstić information content (AvgIpc) is 2.37. The van der Waals surface area contributed by atoms with E-state index in [1.807, 2.05) is 19.1 Å². The molecular weight excluding hydrogens is 252 g/mol. The molecular formula is C13H20O6. The van der Waals surface area contributed by atoms with Crippen molar-refractivity contribution in [1.82, 2.24) is 0 Å². The van der Waals surface area contributed by atoms with E-state index in [1.54, 1.807) is 0 Å². The molecule has 0 aromatic rings. The van der Waals surface area contributed by atoms with Gasteiger partial charge >= 0.3 is 11.9 Å². The van der Waals surface area contributed by atoms with Gasteiger partial charge in [0, 0.05) is 5.92 Å². The summed E-state index contributed by atoms with van der Waals surface area (Å²) in [6.07, 6.45) is 4.81. The average molecular weight is 272 g/mol. The monoisotopic (exact) mass is 272 g/mol. The number of rotatable bonds is 7. The normalized spacial score (nSPS) is 23.9. The molecule has 19 heavy (non-hydrogen) atoms. The van der Waals surface area contributed by atoms with E-state index >= 15 is 0 Å². The number of ether oxygens (including phenoxy) is 2. The molecule has 0 aliphatic carbocycles. The summed E-state index contributed by atoms with van der Waals surface area (Å²) >= 11 is 0. The van der Waals surface area contributed by atoms with Crippen LogP contribution in [0, 0.1) is 11.8 Å². The van der Waals surface area contributed by atoms with Crippen LogP contribution in [0.2, 0.25) is 0 Å². The van der Waals surface area contributed by atoms with E-state index in [0.717, 1.165) is 6.42 Å². The standard InChI is InChI=1S/C13H20O6/c1-2-3-4-9-7-18-11(19-8-9)6-5-10(12(14)15)13(16)17/h3-4,9-11H,2,5-8H2,1H3,(H,14,15)(H,16,17)/b4-3+. The number of hydrogen-bond acceptors (Lipinski definition) is 4. The zero-order valence-electron chi connectivity index (χ0n) is 10.9. The van der Waals surface area contributed by atoms with Crippen molar-refractivity contribution in [2.45, 2.75) is 32.5 Å². The van der Waals surface area contributed by atoms with Crippen LogP contribution in [-0.2, 0) is 19.1 Å². The molecule has 0 spiro atoms. The second-order valence-corrected chi connectivity index (χ2v) is 4.50. The quantitative estimate of drug-likeness (QED) is 0.539. The van der Waals surface area contributed by atoms with Gasteiger partial charge in [0.2, 0.25) is 0 Å². The number of aliphatic carboxylic acids is 2. The summed E-state index contributed by atoms with van der Waals surface area (Å²) in [7, 11) is 0. The predicted molar refractivity (Wildman–Crippen MR) is 66.6 cm³/mol. The van der Waals surface area contributed by atoms with Gasteiger partial charge in [0.05, 0.1) is 13.2 Å². The Hall–Kier alpha value is -1.40. The summed E-state index contributed by atoms with van der Waals surface area (Å²) in [5, 5.41) is 17.5. The highest BCUT2D eigenvalue weighted by Crippen LogP contribution is 2.19. The second-order valence-electron chi connectivity index (χ2n) is 4.50. The summed E-state index contributed by atoms with van der Waals surface area (Å²) in [6.45, 7) is 3.08. The molecule has 1 saturated heterocycles. The zero-order valence-corrected chi connectivity index (χ0v) is 10.9. The van der Waals surface area contributed by atoms with E-state index in [2.05, 4.69) is 0 Å². The maximum absolute atomic E-state index is 10.7. The Labute approximate surface area is 112 Å². The van der Waals surface area contributed by atoms with Gasteiger partial charge in [0.1, 0.15) is 0 Å². The minimum absolute atomic E-state index is 0.00476. The number of carboxylic acids is 2. The SMILES string of the molecule is CC/C=C/C1COC(CCC(C(=O)O)C(=O)O)OC1. The van der Waals surface area contributed by atoms with Gasteiger partial charge in [0.25, 0.3) is 0 Å². The number of hydrogen-bond donors (Lipinski definition) is 2. The van der Waals surface area contributed by atoms with Crippen LogP contribution in [0.1, 0.15) is 26.2 Å². The van der Waals surface area contributed by atoms with Gasteiger partial charge in [-0.05, 0) is 19.3 Å². The molecule has 0 radical (unpaired) electrons. The fraction of sp³-hybridized carbons (Fsp3) is 0.692. The smallest absolute Gasteiger partial charge is 0.317 e. The Bertz CT molecular complexity index is 316. The first-order valence-electron chi connectivity index (χ1n) is 6.40. The van der Waals surface area contributed by atoms with Crippen LogP contribution in [-0.4, -0.2) is 41.7 Å². The van der Waals surface area contributed by atoms with Gasteiger partial charge in [-0.15, -0.1) is 0 Å². The van der Waals surface area contributed by atoms with E-state index in [1.165, 1.54) is 0 Å². The first-order valence-corrected chi connectivity index (χ1v) is 6.40. The first kappa shape index (κ1) is 15.7. The number of allylic oxidation sites excluding steroid dienone is 1. The summed E-state index contributed by atoms with van der Waals surface area (Å²) in [6, 6.07) is 0. The van der Waals surface area contributed by atoms with Crippen LogP contribution in [0.15, 0.2) is 12.2 Å². The van der Waals surface area contributed by atoms with Gasteiger partial charge in [-0.1, -0.05) is 19.1 Å². The van der Waals surface area contributed by atoms with E-state index in [0.29, 0.717) is 13.2 Å². The third-order valence-corrected chi connectivity index (χ3v) is 2.92. The summed E-state index contributed by atoms with van der Waals surface area (Å²) in [4.78, 5) is 21.4. The summed E-state index contributed by atoms with van der Waals surface area (Å²) < 4.78 is 10.9. The van der Waals surface area contributed by atoms with Gasteiger partial charge in [-0.25, -0.2) is 0 Å². The minimum Gasteiger partial charge on any atom is -0.481 e. The zero-order chi connectivity index (χ0) is 14.3. The third kappa shape index (κ3) is 5.40.